The maximum atomic E-state index is 11.2. The first-order valence-electron chi connectivity index (χ1n) is 8.08. The Morgan fingerprint density at radius 1 is 1.31 bits per heavy atom. The minimum atomic E-state index is -0.396. The molecule has 0 fully saturated rings. The van der Waals surface area contributed by atoms with Crippen LogP contribution in [0.1, 0.15) is 6.92 Å². The first kappa shape index (κ1) is 17.8. The highest BCUT2D eigenvalue weighted by molar-refractivity contribution is 5.91. The predicted octanol–water partition coefficient (Wildman–Crippen LogP) is 1.16. The van der Waals surface area contributed by atoms with Crippen LogP contribution in [0.15, 0.2) is 36.9 Å². The zero-order chi connectivity index (χ0) is 18.4. The second kappa shape index (κ2) is 8.37. The maximum Gasteiger partial charge on any atom is 0.308 e. The van der Waals surface area contributed by atoms with Gasteiger partial charge in [-0.25, -0.2) is 9.97 Å². The molecule has 0 saturated heterocycles. The molecular weight excluding hydrogens is 338 g/mol. The van der Waals surface area contributed by atoms with Crippen LogP contribution in [0.2, 0.25) is 0 Å². The number of ether oxygens (including phenoxy) is 2. The number of hydrogen-bond donors (Lipinski definition) is 2. The second-order valence-corrected chi connectivity index (χ2v) is 5.38. The number of aliphatic hydroxyl groups is 1. The van der Waals surface area contributed by atoms with Crippen molar-refractivity contribution in [2.24, 2.45) is 0 Å². The first-order valence-corrected chi connectivity index (χ1v) is 8.08. The van der Waals surface area contributed by atoms with Gasteiger partial charge < -0.3 is 19.9 Å². The molecule has 0 radical (unpaired) electrons. The fourth-order valence-corrected chi connectivity index (χ4v) is 2.36. The fraction of sp³-hybridized carbons (Fsp3) is 0.294. The van der Waals surface area contributed by atoms with E-state index < -0.39 is 5.97 Å². The molecule has 0 aliphatic carbocycles. The Balaban J connectivity index is 1.93. The molecule has 9 heteroatoms. The Labute approximate surface area is 149 Å². The van der Waals surface area contributed by atoms with Crippen LogP contribution in [-0.2, 0) is 9.53 Å². The molecule has 3 aromatic rings. The molecule has 0 aliphatic heterocycles. The number of rotatable bonds is 8. The van der Waals surface area contributed by atoms with E-state index >= 15 is 0 Å². The van der Waals surface area contributed by atoms with Crippen molar-refractivity contribution in [3.8, 4) is 11.7 Å². The highest BCUT2D eigenvalue weighted by Gasteiger charge is 2.11. The zero-order valence-electron chi connectivity index (χ0n) is 14.3. The molecule has 2 aromatic heterocycles. The van der Waals surface area contributed by atoms with Gasteiger partial charge in [0.05, 0.1) is 25.3 Å². The summed E-state index contributed by atoms with van der Waals surface area (Å²) in [7, 11) is 0. The lowest BCUT2D eigenvalue weighted by Crippen LogP contribution is -2.13. The largest absolute Gasteiger partial charge is 0.427 e. The van der Waals surface area contributed by atoms with Crippen LogP contribution in [0.5, 0.6) is 5.75 Å². The molecule has 2 heterocycles. The van der Waals surface area contributed by atoms with E-state index in [9.17, 15) is 4.79 Å². The average Bonchev–Trinajstić information content (AvgIpc) is 3.15. The first-order chi connectivity index (χ1) is 12.7. The van der Waals surface area contributed by atoms with E-state index in [0.29, 0.717) is 36.2 Å². The van der Waals surface area contributed by atoms with Crippen LogP contribution in [0.25, 0.3) is 16.9 Å². The number of carbonyl (C=O) groups is 1. The van der Waals surface area contributed by atoms with Crippen LogP contribution in [0.4, 0.5) is 5.82 Å². The summed E-state index contributed by atoms with van der Waals surface area (Å²) in [5.74, 6) is 1.07. The second-order valence-electron chi connectivity index (χ2n) is 5.38. The van der Waals surface area contributed by atoms with Gasteiger partial charge >= 0.3 is 5.97 Å². The number of nitrogens with one attached hydrogen (secondary N) is 1. The van der Waals surface area contributed by atoms with Crippen molar-refractivity contribution in [2.75, 3.05) is 31.7 Å². The molecule has 26 heavy (non-hydrogen) atoms. The van der Waals surface area contributed by atoms with Gasteiger partial charge in [-0.05, 0) is 18.2 Å². The van der Waals surface area contributed by atoms with E-state index in [0.717, 1.165) is 5.39 Å². The third kappa shape index (κ3) is 4.32. The van der Waals surface area contributed by atoms with E-state index in [4.69, 9.17) is 14.6 Å². The maximum absolute atomic E-state index is 11.2. The standard InChI is InChI=1S/C17H19N5O4/c1-12(24)26-13-2-3-15-14(10-13)16(19-5-8-25-9-7-23)21-17(20-15)22-6-4-18-11-22/h2-4,6,10-11,23H,5,7-9H2,1H3,(H,19,20,21). The number of hydrogen-bond acceptors (Lipinski definition) is 8. The van der Waals surface area contributed by atoms with Crippen molar-refractivity contribution >= 4 is 22.7 Å². The van der Waals surface area contributed by atoms with Gasteiger partial charge in [0.25, 0.3) is 0 Å². The average molecular weight is 357 g/mol. The number of esters is 1. The minimum absolute atomic E-state index is 0.0209. The van der Waals surface area contributed by atoms with Gasteiger partial charge in [0, 0.05) is 31.2 Å². The quantitative estimate of drug-likeness (QED) is 0.351. The molecular formula is C17H19N5O4. The molecule has 0 amide bonds. The SMILES string of the molecule is CC(=O)Oc1ccc2nc(-n3ccnc3)nc(NCCOCCO)c2c1. The lowest BCUT2D eigenvalue weighted by Gasteiger charge is -2.12. The summed E-state index contributed by atoms with van der Waals surface area (Å²) in [6, 6.07) is 5.16. The Kier molecular flexibility index (Phi) is 5.72. The van der Waals surface area contributed by atoms with E-state index in [-0.39, 0.29) is 13.2 Å². The molecule has 0 spiro atoms. The van der Waals surface area contributed by atoms with Crippen molar-refractivity contribution in [1.82, 2.24) is 19.5 Å². The van der Waals surface area contributed by atoms with Gasteiger partial charge in [-0.3, -0.25) is 9.36 Å². The van der Waals surface area contributed by atoms with Crippen LogP contribution >= 0.6 is 0 Å². The van der Waals surface area contributed by atoms with Gasteiger partial charge in [-0.2, -0.15) is 4.98 Å². The van der Waals surface area contributed by atoms with Crippen molar-refractivity contribution < 1.29 is 19.4 Å². The molecule has 0 atom stereocenters. The monoisotopic (exact) mass is 357 g/mol. The number of fused-ring (bicyclic) bond motifs is 1. The minimum Gasteiger partial charge on any atom is -0.427 e. The number of aliphatic hydroxyl groups excluding tert-OH is 1. The third-order valence-electron chi connectivity index (χ3n) is 3.43. The Morgan fingerprint density at radius 3 is 2.92 bits per heavy atom. The van der Waals surface area contributed by atoms with Crippen molar-refractivity contribution in [3.05, 3.63) is 36.9 Å². The molecule has 1 aromatic carbocycles. The van der Waals surface area contributed by atoms with Crippen LogP contribution in [0.3, 0.4) is 0 Å². The van der Waals surface area contributed by atoms with Crippen molar-refractivity contribution in [3.63, 3.8) is 0 Å². The molecule has 0 bridgehead atoms. The lowest BCUT2D eigenvalue weighted by atomic mass is 10.2. The summed E-state index contributed by atoms with van der Waals surface area (Å²) in [5.41, 5.74) is 0.693. The highest BCUT2D eigenvalue weighted by atomic mass is 16.5. The number of nitrogens with zero attached hydrogens (tertiary/aromatic N) is 4. The van der Waals surface area contributed by atoms with Crippen LogP contribution in [0, 0.1) is 0 Å². The summed E-state index contributed by atoms with van der Waals surface area (Å²) < 4.78 is 12.1. The van der Waals surface area contributed by atoms with E-state index in [1.807, 2.05) is 0 Å². The summed E-state index contributed by atoms with van der Waals surface area (Å²) >= 11 is 0. The Hall–Kier alpha value is -3.04. The van der Waals surface area contributed by atoms with E-state index in [2.05, 4.69) is 20.3 Å². The normalized spacial score (nSPS) is 10.8. The number of anilines is 1. The Morgan fingerprint density at radius 2 is 2.19 bits per heavy atom. The molecule has 0 unspecified atom stereocenters. The summed E-state index contributed by atoms with van der Waals surface area (Å²) in [6.45, 7) is 2.51. The van der Waals surface area contributed by atoms with Crippen LogP contribution < -0.4 is 10.1 Å². The summed E-state index contributed by atoms with van der Waals surface area (Å²) in [6.07, 6.45) is 5.01. The van der Waals surface area contributed by atoms with Gasteiger partial charge in [-0.15, -0.1) is 0 Å². The fourth-order valence-electron chi connectivity index (χ4n) is 2.36. The van der Waals surface area contributed by atoms with Gasteiger partial charge in [0.2, 0.25) is 5.95 Å². The smallest absolute Gasteiger partial charge is 0.308 e. The van der Waals surface area contributed by atoms with Gasteiger partial charge in [-0.1, -0.05) is 0 Å². The molecule has 0 aliphatic rings. The van der Waals surface area contributed by atoms with Gasteiger partial charge in [0.1, 0.15) is 17.9 Å². The number of benzene rings is 1. The summed E-state index contributed by atoms with van der Waals surface area (Å²) in [4.78, 5) is 24.3. The Bertz CT molecular complexity index is 882. The molecule has 0 saturated carbocycles. The number of carbonyl (C=O) groups excluding carboxylic acids is 1. The molecule has 2 N–H and O–H groups in total. The number of imidazole rings is 1. The molecule has 136 valence electrons. The topological polar surface area (TPSA) is 111 Å². The van der Waals surface area contributed by atoms with E-state index in [1.54, 1.807) is 41.5 Å². The highest BCUT2D eigenvalue weighted by Crippen LogP contribution is 2.26. The van der Waals surface area contributed by atoms with Crippen molar-refractivity contribution in [2.45, 2.75) is 6.92 Å². The predicted molar refractivity (Wildman–Crippen MR) is 94.4 cm³/mol. The third-order valence-corrected chi connectivity index (χ3v) is 3.43. The summed E-state index contributed by atoms with van der Waals surface area (Å²) in [5, 5.41) is 12.7. The van der Waals surface area contributed by atoms with E-state index in [1.165, 1.54) is 6.92 Å². The van der Waals surface area contributed by atoms with Crippen LogP contribution in [-0.4, -0.2) is 57.0 Å². The lowest BCUT2D eigenvalue weighted by molar-refractivity contribution is -0.131. The van der Waals surface area contributed by atoms with Gasteiger partial charge in [0.15, 0.2) is 0 Å². The zero-order valence-corrected chi connectivity index (χ0v) is 14.3. The number of aromatic nitrogens is 4. The molecule has 9 nitrogen and oxygen atoms in total. The van der Waals surface area contributed by atoms with Crippen molar-refractivity contribution in [1.29, 1.82) is 0 Å². The molecule has 3 rings (SSSR count).